The predicted octanol–water partition coefficient (Wildman–Crippen LogP) is 3.70. The van der Waals surface area contributed by atoms with Crippen molar-refractivity contribution in [3.05, 3.63) is 46.0 Å². The zero-order chi connectivity index (χ0) is 24.7. The van der Waals surface area contributed by atoms with E-state index >= 15 is 0 Å². The number of hydrogen-bond acceptors (Lipinski definition) is 8. The van der Waals surface area contributed by atoms with Gasteiger partial charge in [0.05, 0.1) is 40.2 Å². The number of aromatic nitrogens is 5. The third-order valence-corrected chi connectivity index (χ3v) is 8.04. The molecule has 5 heterocycles. The van der Waals surface area contributed by atoms with Gasteiger partial charge < -0.3 is 9.47 Å². The number of nitrogens with zero attached hydrogens (tertiary/aromatic N) is 8. The third kappa shape index (κ3) is 4.09. The first-order valence-corrected chi connectivity index (χ1v) is 13.0. The van der Waals surface area contributed by atoms with Gasteiger partial charge in [0.25, 0.3) is 5.56 Å². The Bertz CT molecular complexity index is 1460. The van der Waals surface area contributed by atoms with Crippen LogP contribution in [0.1, 0.15) is 45.3 Å². The highest BCUT2D eigenvalue weighted by molar-refractivity contribution is 7.16. The molecule has 35 heavy (non-hydrogen) atoms. The van der Waals surface area contributed by atoms with Crippen molar-refractivity contribution in [1.82, 2.24) is 29.2 Å². The summed E-state index contributed by atoms with van der Waals surface area (Å²) >= 11 is 1.57. The zero-order valence-corrected chi connectivity index (χ0v) is 21.4. The van der Waals surface area contributed by atoms with E-state index in [1.807, 2.05) is 5.51 Å². The first kappa shape index (κ1) is 23.5. The van der Waals surface area contributed by atoms with Crippen molar-refractivity contribution in [3.63, 3.8) is 0 Å². The maximum Gasteiger partial charge on any atom is 0.252 e. The second kappa shape index (κ2) is 9.40. The number of aryl methyl sites for hydroxylation is 1. The van der Waals surface area contributed by atoms with Crippen molar-refractivity contribution < 1.29 is 0 Å². The molecule has 4 aromatic heterocycles. The van der Waals surface area contributed by atoms with Crippen molar-refractivity contribution in [2.45, 2.75) is 58.3 Å². The standard InChI is InChI=1S/C25H30N8OS/c1-5-17-13-33(21-11-23(34)30(4)22-14-31(10-9-26)29-24(21)22)18(6-2)12-32(17)16(3)19-7-8-20-25(28-19)35-15-27-20/h7-8,11,14-18H,5-6,10,12-13H2,1-4H3/t16-,17+,18-/m0/s1. The van der Waals surface area contributed by atoms with Crippen molar-refractivity contribution in [2.24, 2.45) is 7.05 Å². The number of thiazole rings is 1. The highest BCUT2D eigenvalue weighted by atomic mass is 32.1. The molecule has 0 unspecified atom stereocenters. The van der Waals surface area contributed by atoms with Gasteiger partial charge in [0, 0.05) is 44.3 Å². The van der Waals surface area contributed by atoms with E-state index in [4.69, 9.17) is 10.2 Å². The SMILES string of the molecule is CC[C@H]1CN([C@@H](C)c2ccc3ncsc3n2)[C@H](CC)CN1c1cc(=O)n(C)c2cn(CC#N)nc12. The molecular formula is C25H30N8OS. The zero-order valence-electron chi connectivity index (χ0n) is 20.5. The summed E-state index contributed by atoms with van der Waals surface area (Å²) in [7, 11) is 1.76. The fourth-order valence-corrected chi connectivity index (χ4v) is 5.90. The summed E-state index contributed by atoms with van der Waals surface area (Å²) < 4.78 is 3.23. The highest BCUT2D eigenvalue weighted by Gasteiger charge is 2.36. The van der Waals surface area contributed by atoms with Crippen LogP contribution in [-0.2, 0) is 13.6 Å². The third-order valence-electron chi connectivity index (χ3n) is 7.30. The molecule has 9 nitrogen and oxygen atoms in total. The number of hydrogen-bond donors (Lipinski definition) is 0. The van der Waals surface area contributed by atoms with E-state index in [1.54, 1.807) is 39.9 Å². The molecule has 0 aliphatic carbocycles. The Morgan fingerprint density at radius 3 is 2.77 bits per heavy atom. The summed E-state index contributed by atoms with van der Waals surface area (Å²) in [6.45, 7) is 8.47. The molecule has 0 N–H and O–H groups in total. The summed E-state index contributed by atoms with van der Waals surface area (Å²) in [5.74, 6) is 0. The van der Waals surface area contributed by atoms with E-state index in [0.717, 1.165) is 58.7 Å². The highest BCUT2D eigenvalue weighted by Crippen LogP contribution is 2.34. The summed E-state index contributed by atoms with van der Waals surface area (Å²) in [4.78, 5) is 28.0. The lowest BCUT2D eigenvalue weighted by molar-refractivity contribution is 0.0993. The van der Waals surface area contributed by atoms with Gasteiger partial charge in [-0.05, 0) is 31.9 Å². The molecule has 0 saturated carbocycles. The Labute approximate surface area is 208 Å². The summed E-state index contributed by atoms with van der Waals surface area (Å²) in [5, 5.41) is 13.8. The van der Waals surface area contributed by atoms with Crippen LogP contribution in [0.15, 0.2) is 34.7 Å². The molecule has 0 radical (unpaired) electrons. The largest absolute Gasteiger partial charge is 0.364 e. The molecule has 3 atom stereocenters. The maximum absolute atomic E-state index is 12.9. The Morgan fingerprint density at radius 2 is 2.03 bits per heavy atom. The van der Waals surface area contributed by atoms with Crippen molar-refractivity contribution >= 4 is 38.4 Å². The van der Waals surface area contributed by atoms with Crippen LogP contribution >= 0.6 is 11.3 Å². The van der Waals surface area contributed by atoms with Crippen LogP contribution in [0.3, 0.4) is 0 Å². The minimum Gasteiger partial charge on any atom is -0.364 e. The van der Waals surface area contributed by atoms with Crippen LogP contribution in [0.5, 0.6) is 0 Å². The second-order valence-electron chi connectivity index (χ2n) is 9.21. The first-order valence-electron chi connectivity index (χ1n) is 12.1. The van der Waals surface area contributed by atoms with Gasteiger partial charge in [0.2, 0.25) is 0 Å². The molecule has 1 aliphatic heterocycles. The molecule has 4 aromatic rings. The smallest absolute Gasteiger partial charge is 0.252 e. The van der Waals surface area contributed by atoms with Gasteiger partial charge in [0.1, 0.15) is 16.9 Å². The van der Waals surface area contributed by atoms with Crippen LogP contribution < -0.4 is 10.5 Å². The molecule has 0 aromatic carbocycles. The van der Waals surface area contributed by atoms with Crippen molar-refractivity contribution in [2.75, 3.05) is 18.0 Å². The van der Waals surface area contributed by atoms with E-state index in [1.165, 1.54) is 0 Å². The normalized spacial score (nSPS) is 19.9. The molecule has 0 amide bonds. The molecule has 5 rings (SSSR count). The average Bonchev–Trinajstić information content (AvgIpc) is 3.52. The number of nitriles is 1. The number of fused-ring (bicyclic) bond motifs is 2. The number of pyridine rings is 2. The van der Waals surface area contributed by atoms with Crippen LogP contribution in [0.25, 0.3) is 21.4 Å². The molecular weight excluding hydrogens is 460 g/mol. The van der Waals surface area contributed by atoms with Gasteiger partial charge in [-0.2, -0.15) is 10.4 Å². The topological polar surface area (TPSA) is 95.9 Å². The van der Waals surface area contributed by atoms with Gasteiger partial charge in [-0.1, -0.05) is 13.8 Å². The molecule has 1 saturated heterocycles. The Kier molecular flexibility index (Phi) is 6.30. The molecule has 182 valence electrons. The van der Waals surface area contributed by atoms with Crippen LogP contribution in [-0.4, -0.2) is 54.4 Å². The summed E-state index contributed by atoms with van der Waals surface area (Å²) in [6, 6.07) is 8.70. The van der Waals surface area contributed by atoms with E-state index in [2.05, 4.69) is 58.9 Å². The van der Waals surface area contributed by atoms with E-state index in [9.17, 15) is 4.79 Å². The first-order chi connectivity index (χ1) is 16.9. The number of anilines is 1. The minimum absolute atomic E-state index is 0.0650. The van der Waals surface area contributed by atoms with Gasteiger partial charge in [-0.25, -0.2) is 9.97 Å². The lowest BCUT2D eigenvalue weighted by atomic mass is 9.98. The fraction of sp³-hybridized carbons (Fsp3) is 0.480. The van der Waals surface area contributed by atoms with E-state index < -0.39 is 0 Å². The van der Waals surface area contributed by atoms with Gasteiger partial charge in [-0.3, -0.25) is 14.4 Å². The van der Waals surface area contributed by atoms with Gasteiger partial charge in [0.15, 0.2) is 0 Å². The monoisotopic (exact) mass is 490 g/mol. The van der Waals surface area contributed by atoms with Crippen LogP contribution in [0, 0.1) is 11.3 Å². The average molecular weight is 491 g/mol. The van der Waals surface area contributed by atoms with E-state index in [-0.39, 0.29) is 24.2 Å². The van der Waals surface area contributed by atoms with Crippen LogP contribution in [0.2, 0.25) is 0 Å². The van der Waals surface area contributed by atoms with Crippen molar-refractivity contribution in [3.8, 4) is 6.07 Å². The quantitative estimate of drug-likeness (QED) is 0.407. The van der Waals surface area contributed by atoms with Gasteiger partial charge in [-0.15, -0.1) is 11.3 Å². The lowest BCUT2D eigenvalue weighted by Gasteiger charge is -2.49. The van der Waals surface area contributed by atoms with Crippen molar-refractivity contribution in [1.29, 1.82) is 5.26 Å². The fourth-order valence-electron chi connectivity index (χ4n) is 5.23. The van der Waals surface area contributed by atoms with E-state index in [0.29, 0.717) is 6.04 Å². The Balaban J connectivity index is 1.51. The Morgan fingerprint density at radius 1 is 1.23 bits per heavy atom. The molecule has 1 aliphatic rings. The van der Waals surface area contributed by atoms with Gasteiger partial charge >= 0.3 is 0 Å². The molecule has 0 spiro atoms. The second-order valence-corrected chi connectivity index (χ2v) is 10.0. The minimum atomic E-state index is -0.0650. The maximum atomic E-state index is 12.9. The molecule has 0 bridgehead atoms. The molecule has 10 heteroatoms. The molecule has 1 fully saturated rings. The predicted molar refractivity (Wildman–Crippen MR) is 139 cm³/mol. The van der Waals surface area contributed by atoms with Crippen LogP contribution in [0.4, 0.5) is 5.69 Å². The Hall–Kier alpha value is -3.29. The lowest BCUT2D eigenvalue weighted by Crippen LogP contribution is -2.58. The number of rotatable bonds is 6. The summed E-state index contributed by atoms with van der Waals surface area (Å²) in [6.07, 6.45) is 3.72. The number of piperazine rings is 1. The summed E-state index contributed by atoms with van der Waals surface area (Å²) in [5.41, 5.74) is 6.18.